The standard InChI is InChI=1S/C18H28N2O2/c1-15-7-5-8-16(13-15)14-19-9-6-10-20(12-11-19)17(21)22-18(2,3)4/h5,7-8,13H,6,9-12,14H2,1-4H3. The average Bonchev–Trinajstić information content (AvgIpc) is 2.62. The number of nitrogens with zero attached hydrogens (tertiary/aromatic N) is 2. The zero-order valence-corrected chi connectivity index (χ0v) is 14.3. The van der Waals surface area contributed by atoms with Gasteiger partial charge in [0.15, 0.2) is 0 Å². The topological polar surface area (TPSA) is 32.8 Å². The number of ether oxygens (including phenoxy) is 1. The molecule has 0 aromatic heterocycles. The zero-order valence-electron chi connectivity index (χ0n) is 14.3. The maximum Gasteiger partial charge on any atom is 0.410 e. The van der Waals surface area contributed by atoms with Crippen LogP contribution in [0.25, 0.3) is 0 Å². The van der Waals surface area contributed by atoms with Gasteiger partial charge in [-0.05, 0) is 39.7 Å². The molecule has 0 saturated carbocycles. The molecule has 4 heteroatoms. The molecule has 4 nitrogen and oxygen atoms in total. The molecule has 0 atom stereocenters. The lowest BCUT2D eigenvalue weighted by Crippen LogP contribution is -2.39. The summed E-state index contributed by atoms with van der Waals surface area (Å²) in [4.78, 5) is 16.4. The molecule has 1 amide bonds. The van der Waals surface area contributed by atoms with E-state index in [2.05, 4.69) is 36.1 Å². The molecule has 122 valence electrons. The third kappa shape index (κ3) is 5.34. The van der Waals surface area contributed by atoms with Crippen LogP contribution in [0, 0.1) is 6.92 Å². The van der Waals surface area contributed by atoms with Crippen molar-refractivity contribution in [3.63, 3.8) is 0 Å². The Morgan fingerprint density at radius 2 is 1.95 bits per heavy atom. The van der Waals surface area contributed by atoms with Gasteiger partial charge in [0.2, 0.25) is 0 Å². The van der Waals surface area contributed by atoms with Crippen molar-refractivity contribution >= 4 is 6.09 Å². The highest BCUT2D eigenvalue weighted by molar-refractivity contribution is 5.68. The second kappa shape index (κ2) is 7.14. The first kappa shape index (κ1) is 16.8. The molecule has 2 rings (SSSR count). The highest BCUT2D eigenvalue weighted by Gasteiger charge is 2.24. The number of aryl methyl sites for hydroxylation is 1. The van der Waals surface area contributed by atoms with Crippen molar-refractivity contribution in [2.75, 3.05) is 26.2 Å². The van der Waals surface area contributed by atoms with Crippen molar-refractivity contribution in [3.8, 4) is 0 Å². The molecule has 1 heterocycles. The van der Waals surface area contributed by atoms with Crippen LogP contribution in [0.5, 0.6) is 0 Å². The number of carbonyl (C=O) groups excluding carboxylic acids is 1. The molecule has 1 aromatic carbocycles. The van der Waals surface area contributed by atoms with E-state index in [0.29, 0.717) is 0 Å². The molecule has 1 aromatic rings. The Kier molecular flexibility index (Phi) is 5.46. The van der Waals surface area contributed by atoms with Crippen molar-refractivity contribution in [1.82, 2.24) is 9.80 Å². The van der Waals surface area contributed by atoms with Gasteiger partial charge in [-0.1, -0.05) is 29.8 Å². The van der Waals surface area contributed by atoms with Crippen molar-refractivity contribution in [2.24, 2.45) is 0 Å². The normalized spacial score (nSPS) is 17.2. The van der Waals surface area contributed by atoms with Gasteiger partial charge in [0, 0.05) is 32.7 Å². The summed E-state index contributed by atoms with van der Waals surface area (Å²) in [6.07, 6.45) is 0.801. The molecule has 1 saturated heterocycles. The second-order valence-electron chi connectivity index (χ2n) is 7.09. The van der Waals surface area contributed by atoms with Gasteiger partial charge < -0.3 is 9.64 Å². The molecule has 0 N–H and O–H groups in total. The molecule has 0 aliphatic carbocycles. The van der Waals surface area contributed by atoms with Gasteiger partial charge in [0.05, 0.1) is 0 Å². The van der Waals surface area contributed by atoms with Gasteiger partial charge in [-0.25, -0.2) is 4.79 Å². The summed E-state index contributed by atoms with van der Waals surface area (Å²) in [6.45, 7) is 12.2. The largest absolute Gasteiger partial charge is 0.444 e. The van der Waals surface area contributed by atoms with Gasteiger partial charge in [-0.3, -0.25) is 4.90 Å². The van der Waals surface area contributed by atoms with Crippen LogP contribution in [0.4, 0.5) is 4.79 Å². The van der Waals surface area contributed by atoms with Crippen molar-refractivity contribution in [3.05, 3.63) is 35.4 Å². The van der Waals surface area contributed by atoms with Crippen LogP contribution in [0.1, 0.15) is 38.3 Å². The van der Waals surface area contributed by atoms with Crippen LogP contribution >= 0.6 is 0 Å². The van der Waals surface area contributed by atoms with Crippen LogP contribution in [0.15, 0.2) is 24.3 Å². The molecule has 1 aliphatic rings. The molecule has 0 bridgehead atoms. The molecule has 0 radical (unpaired) electrons. The van der Waals surface area contributed by atoms with Crippen molar-refractivity contribution in [1.29, 1.82) is 0 Å². The maximum atomic E-state index is 12.2. The van der Waals surface area contributed by atoms with Gasteiger partial charge in [-0.2, -0.15) is 0 Å². The quantitative estimate of drug-likeness (QED) is 0.839. The molecule has 22 heavy (non-hydrogen) atoms. The van der Waals surface area contributed by atoms with E-state index in [9.17, 15) is 4.79 Å². The van der Waals surface area contributed by atoms with E-state index in [0.717, 1.165) is 39.1 Å². The Balaban J connectivity index is 1.88. The van der Waals surface area contributed by atoms with E-state index in [4.69, 9.17) is 4.74 Å². The van der Waals surface area contributed by atoms with E-state index in [1.807, 2.05) is 25.7 Å². The monoisotopic (exact) mass is 304 g/mol. The first-order valence-electron chi connectivity index (χ1n) is 8.09. The van der Waals surface area contributed by atoms with E-state index >= 15 is 0 Å². The molecule has 0 unspecified atom stereocenters. The minimum absolute atomic E-state index is 0.190. The van der Waals surface area contributed by atoms with E-state index < -0.39 is 5.60 Å². The van der Waals surface area contributed by atoms with E-state index in [1.165, 1.54) is 11.1 Å². The fourth-order valence-electron chi connectivity index (χ4n) is 2.71. The summed E-state index contributed by atoms with van der Waals surface area (Å²) in [6, 6.07) is 8.63. The molecule has 0 spiro atoms. The van der Waals surface area contributed by atoms with Crippen molar-refractivity contribution in [2.45, 2.75) is 46.3 Å². The first-order chi connectivity index (χ1) is 10.3. The fourth-order valence-corrected chi connectivity index (χ4v) is 2.71. The number of benzene rings is 1. The molecule has 1 aliphatic heterocycles. The van der Waals surface area contributed by atoms with E-state index in [-0.39, 0.29) is 6.09 Å². The maximum absolute atomic E-state index is 12.2. The van der Waals surface area contributed by atoms with Gasteiger partial charge in [-0.15, -0.1) is 0 Å². The van der Waals surface area contributed by atoms with Crippen LogP contribution < -0.4 is 0 Å². The number of hydrogen-bond donors (Lipinski definition) is 0. The van der Waals surface area contributed by atoms with Crippen LogP contribution in [0.3, 0.4) is 0 Å². The van der Waals surface area contributed by atoms with Gasteiger partial charge in [0.1, 0.15) is 5.60 Å². The highest BCUT2D eigenvalue weighted by Crippen LogP contribution is 2.14. The highest BCUT2D eigenvalue weighted by atomic mass is 16.6. The summed E-state index contributed by atoms with van der Waals surface area (Å²) >= 11 is 0. The fraction of sp³-hybridized carbons (Fsp3) is 0.611. The predicted octanol–water partition coefficient (Wildman–Crippen LogP) is 3.44. The minimum atomic E-state index is -0.426. The zero-order chi connectivity index (χ0) is 16.2. The second-order valence-corrected chi connectivity index (χ2v) is 7.09. The Labute approximate surface area is 134 Å². The molecule has 1 fully saturated rings. The third-order valence-electron chi connectivity index (χ3n) is 3.73. The van der Waals surface area contributed by atoms with Gasteiger partial charge in [0.25, 0.3) is 0 Å². The Bertz CT molecular complexity index is 508. The minimum Gasteiger partial charge on any atom is -0.444 e. The Hall–Kier alpha value is -1.55. The van der Waals surface area contributed by atoms with Crippen molar-refractivity contribution < 1.29 is 9.53 Å². The summed E-state index contributed by atoms with van der Waals surface area (Å²) in [7, 11) is 0. The SMILES string of the molecule is Cc1cccc(CN2CCCN(C(=O)OC(C)(C)C)CC2)c1. The molecular weight excluding hydrogens is 276 g/mol. The summed E-state index contributed by atoms with van der Waals surface area (Å²) in [5, 5.41) is 0. The summed E-state index contributed by atoms with van der Waals surface area (Å²) in [5.74, 6) is 0. The lowest BCUT2D eigenvalue weighted by molar-refractivity contribution is 0.0257. The Morgan fingerprint density at radius 1 is 1.18 bits per heavy atom. The predicted molar refractivity (Wildman–Crippen MR) is 88.9 cm³/mol. The number of hydrogen-bond acceptors (Lipinski definition) is 3. The summed E-state index contributed by atoms with van der Waals surface area (Å²) in [5.41, 5.74) is 2.21. The number of carbonyl (C=O) groups is 1. The lowest BCUT2D eigenvalue weighted by Gasteiger charge is -2.26. The first-order valence-corrected chi connectivity index (χ1v) is 8.09. The smallest absolute Gasteiger partial charge is 0.410 e. The number of amides is 1. The lowest BCUT2D eigenvalue weighted by atomic mass is 10.1. The Morgan fingerprint density at radius 3 is 2.64 bits per heavy atom. The van der Waals surface area contributed by atoms with Crippen LogP contribution in [0.2, 0.25) is 0 Å². The van der Waals surface area contributed by atoms with Crippen LogP contribution in [-0.4, -0.2) is 47.7 Å². The summed E-state index contributed by atoms with van der Waals surface area (Å²) < 4.78 is 5.47. The number of rotatable bonds is 2. The van der Waals surface area contributed by atoms with Gasteiger partial charge >= 0.3 is 6.09 Å². The van der Waals surface area contributed by atoms with Crippen LogP contribution in [-0.2, 0) is 11.3 Å². The van der Waals surface area contributed by atoms with E-state index in [1.54, 1.807) is 0 Å². The molecular formula is C18H28N2O2. The third-order valence-corrected chi connectivity index (χ3v) is 3.73. The average molecular weight is 304 g/mol.